The van der Waals surface area contributed by atoms with Crippen molar-refractivity contribution in [1.82, 2.24) is 5.32 Å². The van der Waals surface area contributed by atoms with E-state index in [1.165, 1.54) is 5.56 Å². The highest BCUT2D eigenvalue weighted by molar-refractivity contribution is 5.97. The van der Waals surface area contributed by atoms with Crippen molar-refractivity contribution in [3.8, 4) is 0 Å². The van der Waals surface area contributed by atoms with Crippen LogP contribution in [0.4, 0.5) is 5.69 Å². The number of hydrogen-bond acceptors (Lipinski definition) is 2. The fourth-order valence-corrected chi connectivity index (χ4v) is 2.67. The number of amides is 1. The fraction of sp³-hybridized carbons (Fsp3) is 0.417. The maximum absolute atomic E-state index is 11.8. The maximum atomic E-state index is 11.8. The predicted molar refractivity (Wildman–Crippen MR) is 58.9 cm³/mol. The second-order valence-corrected chi connectivity index (χ2v) is 4.40. The number of nitrogens with one attached hydrogen (secondary N) is 2. The van der Waals surface area contributed by atoms with Crippen molar-refractivity contribution in [3.63, 3.8) is 0 Å². The van der Waals surface area contributed by atoms with Crippen molar-refractivity contribution in [2.75, 3.05) is 18.4 Å². The van der Waals surface area contributed by atoms with E-state index in [2.05, 4.69) is 22.8 Å². The summed E-state index contributed by atoms with van der Waals surface area (Å²) in [7, 11) is 0. The summed E-state index contributed by atoms with van der Waals surface area (Å²) in [6, 6.07) is 6.25. The summed E-state index contributed by atoms with van der Waals surface area (Å²) < 4.78 is 0. The van der Waals surface area contributed by atoms with Crippen molar-refractivity contribution < 1.29 is 4.79 Å². The number of fused-ring (bicyclic) bond motifs is 3. The molecule has 0 aliphatic carbocycles. The van der Waals surface area contributed by atoms with E-state index in [1.54, 1.807) is 0 Å². The van der Waals surface area contributed by atoms with Gasteiger partial charge in [0, 0.05) is 24.7 Å². The van der Waals surface area contributed by atoms with Gasteiger partial charge < -0.3 is 10.6 Å². The molecule has 2 heterocycles. The number of carbonyl (C=O) groups is 1. The monoisotopic (exact) mass is 202 g/mol. The van der Waals surface area contributed by atoms with Crippen LogP contribution in [0.3, 0.4) is 0 Å². The van der Waals surface area contributed by atoms with Crippen LogP contribution in [-0.4, -0.2) is 19.0 Å². The molecule has 1 aromatic carbocycles. The largest absolute Gasteiger partial charge is 0.325 e. The van der Waals surface area contributed by atoms with E-state index in [-0.39, 0.29) is 11.8 Å². The normalized spacial score (nSPS) is 28.2. The predicted octanol–water partition coefficient (Wildman–Crippen LogP) is 1.25. The molecule has 2 aliphatic heterocycles. The Balaban J connectivity index is 2.15. The van der Waals surface area contributed by atoms with Gasteiger partial charge in [-0.15, -0.1) is 0 Å². The van der Waals surface area contributed by atoms with Crippen LogP contribution >= 0.6 is 0 Å². The molecule has 3 nitrogen and oxygen atoms in total. The number of anilines is 1. The first kappa shape index (κ1) is 8.92. The molecule has 0 spiro atoms. The first-order chi connectivity index (χ1) is 7.27. The molecule has 3 rings (SSSR count). The SMILES string of the molecule is Cc1cccc2c1NC(=O)C1CNCC21. The molecule has 1 fully saturated rings. The summed E-state index contributed by atoms with van der Waals surface area (Å²) in [5.74, 6) is 0.666. The van der Waals surface area contributed by atoms with Gasteiger partial charge in [0.15, 0.2) is 0 Å². The van der Waals surface area contributed by atoms with Gasteiger partial charge in [-0.05, 0) is 18.1 Å². The molecule has 2 unspecified atom stereocenters. The number of para-hydroxylation sites is 1. The number of benzene rings is 1. The van der Waals surface area contributed by atoms with Crippen LogP contribution in [0, 0.1) is 12.8 Å². The minimum absolute atomic E-state index is 0.124. The summed E-state index contributed by atoms with van der Waals surface area (Å²) in [6.07, 6.45) is 0. The van der Waals surface area contributed by atoms with Crippen LogP contribution in [0.5, 0.6) is 0 Å². The Bertz CT molecular complexity index is 428. The quantitative estimate of drug-likeness (QED) is 0.664. The molecule has 1 amide bonds. The number of carbonyl (C=O) groups excluding carboxylic acids is 1. The second kappa shape index (κ2) is 3.07. The van der Waals surface area contributed by atoms with Gasteiger partial charge in [-0.25, -0.2) is 0 Å². The number of rotatable bonds is 0. The van der Waals surface area contributed by atoms with Gasteiger partial charge in [0.05, 0.1) is 5.92 Å². The molecule has 2 atom stereocenters. The fourth-order valence-electron chi connectivity index (χ4n) is 2.67. The smallest absolute Gasteiger partial charge is 0.229 e. The molecule has 2 aliphatic rings. The van der Waals surface area contributed by atoms with Gasteiger partial charge in [-0.3, -0.25) is 4.79 Å². The van der Waals surface area contributed by atoms with E-state index in [1.807, 2.05) is 13.0 Å². The Morgan fingerprint density at radius 3 is 2.93 bits per heavy atom. The van der Waals surface area contributed by atoms with Crippen LogP contribution in [0.25, 0.3) is 0 Å². The van der Waals surface area contributed by atoms with E-state index >= 15 is 0 Å². The maximum Gasteiger partial charge on any atom is 0.229 e. The molecule has 78 valence electrons. The van der Waals surface area contributed by atoms with Crippen molar-refractivity contribution in [2.45, 2.75) is 12.8 Å². The topological polar surface area (TPSA) is 41.1 Å². The Labute approximate surface area is 88.9 Å². The molecule has 15 heavy (non-hydrogen) atoms. The highest BCUT2D eigenvalue weighted by Crippen LogP contribution is 2.39. The third-order valence-electron chi connectivity index (χ3n) is 3.50. The van der Waals surface area contributed by atoms with E-state index in [0.717, 1.165) is 24.3 Å². The molecule has 3 heteroatoms. The summed E-state index contributed by atoms with van der Waals surface area (Å²) in [6.45, 7) is 3.78. The highest BCUT2D eigenvalue weighted by atomic mass is 16.2. The lowest BCUT2D eigenvalue weighted by atomic mass is 9.83. The van der Waals surface area contributed by atoms with Crippen LogP contribution < -0.4 is 10.6 Å². The lowest BCUT2D eigenvalue weighted by Gasteiger charge is -2.28. The average Bonchev–Trinajstić information content (AvgIpc) is 2.69. The molecule has 2 N–H and O–H groups in total. The van der Waals surface area contributed by atoms with Gasteiger partial charge in [-0.1, -0.05) is 18.2 Å². The molecular formula is C12H14N2O. The van der Waals surface area contributed by atoms with Gasteiger partial charge in [0.2, 0.25) is 5.91 Å². The van der Waals surface area contributed by atoms with Gasteiger partial charge in [0.1, 0.15) is 0 Å². The second-order valence-electron chi connectivity index (χ2n) is 4.40. The molecule has 1 aromatic rings. The number of hydrogen-bond donors (Lipinski definition) is 2. The average molecular weight is 202 g/mol. The zero-order valence-corrected chi connectivity index (χ0v) is 8.71. The lowest BCUT2D eigenvalue weighted by molar-refractivity contribution is -0.120. The van der Waals surface area contributed by atoms with Crippen LogP contribution in [-0.2, 0) is 4.79 Å². The molecule has 0 aromatic heterocycles. The zero-order valence-electron chi connectivity index (χ0n) is 8.71. The van der Waals surface area contributed by atoms with E-state index in [9.17, 15) is 4.79 Å². The molecule has 1 saturated heterocycles. The minimum Gasteiger partial charge on any atom is -0.325 e. The Morgan fingerprint density at radius 1 is 1.27 bits per heavy atom. The number of aryl methyl sites for hydroxylation is 1. The van der Waals surface area contributed by atoms with Crippen LogP contribution in [0.1, 0.15) is 17.0 Å². The summed E-state index contributed by atoms with van der Waals surface area (Å²) in [5, 5.41) is 6.31. The standard InChI is InChI=1S/C12H14N2O/c1-7-3-2-4-8-9-5-13-6-10(9)12(15)14-11(7)8/h2-4,9-10,13H,5-6H2,1H3,(H,14,15). The minimum atomic E-state index is 0.124. The molecule has 0 saturated carbocycles. The van der Waals surface area contributed by atoms with Crippen molar-refractivity contribution in [2.24, 2.45) is 5.92 Å². The Morgan fingerprint density at radius 2 is 2.07 bits per heavy atom. The molecule has 0 radical (unpaired) electrons. The summed E-state index contributed by atoms with van der Waals surface area (Å²) >= 11 is 0. The third kappa shape index (κ3) is 1.20. The van der Waals surface area contributed by atoms with E-state index in [4.69, 9.17) is 0 Å². The molecular weight excluding hydrogens is 188 g/mol. The van der Waals surface area contributed by atoms with Crippen molar-refractivity contribution >= 4 is 11.6 Å². The summed E-state index contributed by atoms with van der Waals surface area (Å²) in [4.78, 5) is 11.8. The first-order valence-corrected chi connectivity index (χ1v) is 5.38. The lowest BCUT2D eigenvalue weighted by Crippen LogP contribution is -2.33. The van der Waals surface area contributed by atoms with Gasteiger partial charge in [-0.2, -0.15) is 0 Å². The molecule has 0 bridgehead atoms. The van der Waals surface area contributed by atoms with Gasteiger partial charge in [0.25, 0.3) is 0 Å². The van der Waals surface area contributed by atoms with Gasteiger partial charge >= 0.3 is 0 Å². The highest BCUT2D eigenvalue weighted by Gasteiger charge is 2.39. The van der Waals surface area contributed by atoms with Crippen molar-refractivity contribution in [1.29, 1.82) is 0 Å². The van der Waals surface area contributed by atoms with Crippen LogP contribution in [0.15, 0.2) is 18.2 Å². The van der Waals surface area contributed by atoms with E-state index in [0.29, 0.717) is 5.92 Å². The third-order valence-corrected chi connectivity index (χ3v) is 3.50. The van der Waals surface area contributed by atoms with E-state index < -0.39 is 0 Å². The van der Waals surface area contributed by atoms with Crippen molar-refractivity contribution in [3.05, 3.63) is 29.3 Å². The Hall–Kier alpha value is -1.35. The zero-order chi connectivity index (χ0) is 10.4. The van der Waals surface area contributed by atoms with Crippen LogP contribution in [0.2, 0.25) is 0 Å². The Kier molecular flexibility index (Phi) is 1.83. The summed E-state index contributed by atoms with van der Waals surface area (Å²) in [5.41, 5.74) is 3.49. The first-order valence-electron chi connectivity index (χ1n) is 5.38.